The highest BCUT2D eigenvalue weighted by atomic mass is 79.9. The van der Waals surface area contributed by atoms with Crippen LogP contribution in [-0.4, -0.2) is 50.4 Å². The second kappa shape index (κ2) is 14.5. The first kappa shape index (κ1) is 32.0. The van der Waals surface area contributed by atoms with Crippen LogP contribution in [0.25, 0.3) is 0 Å². The van der Waals surface area contributed by atoms with E-state index in [1.54, 1.807) is 43.3 Å². The van der Waals surface area contributed by atoms with Crippen molar-refractivity contribution in [3.05, 3.63) is 87.3 Å². The van der Waals surface area contributed by atoms with Gasteiger partial charge in [-0.05, 0) is 92.9 Å². The molecule has 0 unspecified atom stereocenters. The van der Waals surface area contributed by atoms with E-state index in [2.05, 4.69) is 37.2 Å². The molecule has 224 valence electrons. The lowest BCUT2D eigenvalue weighted by molar-refractivity contribution is -0.139. The van der Waals surface area contributed by atoms with E-state index in [0.717, 1.165) is 44.5 Å². The Hall–Kier alpha value is -2.89. The SMILES string of the molecule is CCOc1ccc(N(CC(=O)N(Cc2ccc(Br)cc2)[C@H](C)C(=O)NC2CCCC2)S(=O)(=O)c2ccc(Br)cc2)cc1. The van der Waals surface area contributed by atoms with Gasteiger partial charge in [0.1, 0.15) is 18.3 Å². The molecule has 4 rings (SSSR count). The lowest BCUT2D eigenvalue weighted by Crippen LogP contribution is -2.52. The van der Waals surface area contributed by atoms with Gasteiger partial charge in [-0.1, -0.05) is 56.8 Å². The Labute approximate surface area is 264 Å². The summed E-state index contributed by atoms with van der Waals surface area (Å²) in [6, 6.07) is 19.6. The summed E-state index contributed by atoms with van der Waals surface area (Å²) in [7, 11) is -4.15. The van der Waals surface area contributed by atoms with Crippen LogP contribution in [0.4, 0.5) is 5.69 Å². The van der Waals surface area contributed by atoms with Crippen molar-refractivity contribution >= 4 is 59.4 Å². The fraction of sp³-hybridized carbons (Fsp3) is 0.355. The van der Waals surface area contributed by atoms with Gasteiger partial charge < -0.3 is 15.0 Å². The molecule has 1 aliphatic carbocycles. The highest BCUT2D eigenvalue weighted by Crippen LogP contribution is 2.28. The van der Waals surface area contributed by atoms with Crippen molar-refractivity contribution in [1.29, 1.82) is 0 Å². The van der Waals surface area contributed by atoms with Crippen LogP contribution >= 0.6 is 31.9 Å². The Balaban J connectivity index is 1.68. The minimum absolute atomic E-state index is 0.0406. The number of amides is 2. The zero-order valence-electron chi connectivity index (χ0n) is 23.6. The number of carbonyl (C=O) groups excluding carboxylic acids is 2. The number of nitrogens with zero attached hydrogens (tertiary/aromatic N) is 2. The molecule has 0 radical (unpaired) electrons. The second-order valence-electron chi connectivity index (χ2n) is 10.2. The molecule has 1 fully saturated rings. The van der Waals surface area contributed by atoms with Crippen molar-refractivity contribution in [2.24, 2.45) is 0 Å². The summed E-state index contributed by atoms with van der Waals surface area (Å²) < 4.78 is 36.2. The smallest absolute Gasteiger partial charge is 0.264 e. The number of hydrogen-bond acceptors (Lipinski definition) is 5. The summed E-state index contributed by atoms with van der Waals surface area (Å²) in [5.41, 5.74) is 1.12. The minimum atomic E-state index is -4.15. The van der Waals surface area contributed by atoms with E-state index in [1.165, 1.54) is 17.0 Å². The van der Waals surface area contributed by atoms with E-state index in [-0.39, 0.29) is 23.4 Å². The zero-order chi connectivity index (χ0) is 30.3. The standard InChI is InChI=1S/C31H35Br2N3O5S/c1-3-41-28-16-14-27(15-17-28)36(42(39,40)29-18-12-25(33)13-19-29)21-30(37)35(20-23-8-10-24(32)11-9-23)22(2)31(38)34-26-6-4-5-7-26/h8-19,22,26H,3-7,20-21H2,1-2H3,(H,34,38)/t22-/m1/s1. The predicted molar refractivity (Wildman–Crippen MR) is 171 cm³/mol. The van der Waals surface area contributed by atoms with Crippen LogP contribution in [0.3, 0.4) is 0 Å². The Morgan fingerprint density at radius 1 is 0.929 bits per heavy atom. The number of rotatable bonds is 12. The fourth-order valence-corrected chi connectivity index (χ4v) is 6.84. The third-order valence-corrected chi connectivity index (χ3v) is 10.1. The quantitative estimate of drug-likeness (QED) is 0.238. The number of nitrogens with one attached hydrogen (secondary N) is 1. The molecule has 0 aromatic heterocycles. The first-order valence-electron chi connectivity index (χ1n) is 13.9. The molecule has 8 nitrogen and oxygen atoms in total. The number of ether oxygens (including phenoxy) is 1. The van der Waals surface area contributed by atoms with Crippen LogP contribution in [0.15, 0.2) is 86.6 Å². The van der Waals surface area contributed by atoms with E-state index in [0.29, 0.717) is 18.0 Å². The Morgan fingerprint density at radius 3 is 2.07 bits per heavy atom. The van der Waals surface area contributed by atoms with Gasteiger partial charge >= 0.3 is 0 Å². The first-order chi connectivity index (χ1) is 20.1. The number of halogens is 2. The van der Waals surface area contributed by atoms with Gasteiger partial charge in [-0.3, -0.25) is 13.9 Å². The van der Waals surface area contributed by atoms with E-state index < -0.39 is 28.5 Å². The maximum Gasteiger partial charge on any atom is 0.264 e. The molecule has 0 aliphatic heterocycles. The molecule has 11 heteroatoms. The van der Waals surface area contributed by atoms with Gasteiger partial charge in [-0.15, -0.1) is 0 Å². The molecule has 1 aliphatic rings. The summed E-state index contributed by atoms with van der Waals surface area (Å²) in [4.78, 5) is 28.9. The van der Waals surface area contributed by atoms with Crippen molar-refractivity contribution in [2.75, 3.05) is 17.5 Å². The summed E-state index contributed by atoms with van der Waals surface area (Å²) >= 11 is 6.78. The van der Waals surface area contributed by atoms with Gasteiger partial charge in [0.15, 0.2) is 0 Å². The zero-order valence-corrected chi connectivity index (χ0v) is 27.6. The normalized spacial score (nSPS) is 14.3. The molecular formula is C31H35Br2N3O5S. The number of hydrogen-bond donors (Lipinski definition) is 1. The van der Waals surface area contributed by atoms with E-state index in [1.807, 2.05) is 31.2 Å². The highest BCUT2D eigenvalue weighted by Gasteiger charge is 2.33. The topological polar surface area (TPSA) is 96.0 Å². The average molecular weight is 722 g/mol. The molecule has 1 saturated carbocycles. The Morgan fingerprint density at radius 2 is 1.50 bits per heavy atom. The Kier molecular flexibility index (Phi) is 11.1. The van der Waals surface area contributed by atoms with E-state index in [4.69, 9.17) is 4.74 Å². The third-order valence-electron chi connectivity index (χ3n) is 7.25. The van der Waals surface area contributed by atoms with E-state index in [9.17, 15) is 18.0 Å². The monoisotopic (exact) mass is 719 g/mol. The van der Waals surface area contributed by atoms with Crippen molar-refractivity contribution in [3.63, 3.8) is 0 Å². The predicted octanol–water partition coefficient (Wildman–Crippen LogP) is 6.28. The molecule has 42 heavy (non-hydrogen) atoms. The van der Waals surface area contributed by atoms with Crippen LogP contribution in [-0.2, 0) is 26.2 Å². The number of carbonyl (C=O) groups is 2. The molecular weight excluding hydrogens is 686 g/mol. The fourth-order valence-electron chi connectivity index (χ4n) is 4.90. The first-order valence-corrected chi connectivity index (χ1v) is 17.0. The number of sulfonamides is 1. The molecule has 1 N–H and O–H groups in total. The van der Waals surface area contributed by atoms with Crippen LogP contribution in [0.1, 0.15) is 45.1 Å². The largest absolute Gasteiger partial charge is 0.494 e. The van der Waals surface area contributed by atoms with Gasteiger partial charge in [-0.2, -0.15) is 0 Å². The van der Waals surface area contributed by atoms with E-state index >= 15 is 0 Å². The van der Waals surface area contributed by atoms with Crippen LogP contribution < -0.4 is 14.4 Å². The molecule has 0 heterocycles. The second-order valence-corrected chi connectivity index (χ2v) is 13.9. The van der Waals surface area contributed by atoms with Gasteiger partial charge in [0.2, 0.25) is 11.8 Å². The number of anilines is 1. The summed E-state index contributed by atoms with van der Waals surface area (Å²) in [5.74, 6) is -0.167. The van der Waals surface area contributed by atoms with Crippen molar-refractivity contribution in [3.8, 4) is 5.75 Å². The molecule has 0 saturated heterocycles. The third kappa shape index (κ3) is 8.14. The highest BCUT2D eigenvalue weighted by molar-refractivity contribution is 9.10. The average Bonchev–Trinajstić information content (AvgIpc) is 3.49. The van der Waals surface area contributed by atoms with Gasteiger partial charge in [-0.25, -0.2) is 8.42 Å². The lowest BCUT2D eigenvalue weighted by Gasteiger charge is -2.32. The van der Waals surface area contributed by atoms with Crippen molar-refractivity contribution in [1.82, 2.24) is 10.2 Å². The van der Waals surface area contributed by atoms with Crippen LogP contribution in [0.5, 0.6) is 5.75 Å². The molecule has 0 bridgehead atoms. The molecule has 1 atom stereocenters. The minimum Gasteiger partial charge on any atom is -0.494 e. The Bertz CT molecular complexity index is 1460. The van der Waals surface area contributed by atoms with Gasteiger partial charge in [0.25, 0.3) is 10.0 Å². The maximum absolute atomic E-state index is 14.1. The van der Waals surface area contributed by atoms with Gasteiger partial charge in [0.05, 0.1) is 17.2 Å². The number of benzene rings is 3. The molecule has 3 aromatic carbocycles. The summed E-state index contributed by atoms with van der Waals surface area (Å²) in [6.07, 6.45) is 3.95. The van der Waals surface area contributed by atoms with Crippen molar-refractivity contribution < 1.29 is 22.7 Å². The van der Waals surface area contributed by atoms with Crippen molar-refractivity contribution in [2.45, 2.75) is 63.1 Å². The lowest BCUT2D eigenvalue weighted by atomic mass is 10.1. The molecule has 2 amide bonds. The maximum atomic E-state index is 14.1. The van der Waals surface area contributed by atoms with Crippen LogP contribution in [0.2, 0.25) is 0 Å². The summed E-state index contributed by atoms with van der Waals surface area (Å²) in [6.45, 7) is 3.65. The summed E-state index contributed by atoms with van der Waals surface area (Å²) in [5, 5.41) is 3.08. The van der Waals surface area contributed by atoms with Gasteiger partial charge in [0, 0.05) is 21.5 Å². The van der Waals surface area contributed by atoms with Crippen LogP contribution in [0, 0.1) is 0 Å². The molecule has 3 aromatic rings. The molecule has 0 spiro atoms.